The Balaban J connectivity index is 2.09. The number of aromatic nitrogens is 1. The number of hydrogen-bond acceptors (Lipinski definition) is 3. The highest BCUT2D eigenvalue weighted by Gasteiger charge is 2.23. The van der Waals surface area contributed by atoms with Crippen molar-refractivity contribution in [3.63, 3.8) is 0 Å². The summed E-state index contributed by atoms with van der Waals surface area (Å²) >= 11 is 0. The van der Waals surface area contributed by atoms with E-state index in [1.54, 1.807) is 0 Å². The molecule has 0 aliphatic carbocycles. The Morgan fingerprint density at radius 1 is 1.33 bits per heavy atom. The van der Waals surface area contributed by atoms with Crippen LogP contribution < -0.4 is 10.2 Å². The molecule has 0 bridgehead atoms. The minimum atomic E-state index is 0.521. The summed E-state index contributed by atoms with van der Waals surface area (Å²) in [7, 11) is 0. The molecule has 1 unspecified atom stereocenters. The van der Waals surface area contributed by atoms with E-state index in [2.05, 4.69) is 50.0 Å². The van der Waals surface area contributed by atoms with Gasteiger partial charge in [0.2, 0.25) is 0 Å². The van der Waals surface area contributed by atoms with Crippen molar-refractivity contribution < 1.29 is 0 Å². The van der Waals surface area contributed by atoms with Gasteiger partial charge in [0.1, 0.15) is 5.82 Å². The first-order valence-corrected chi connectivity index (χ1v) is 8.60. The van der Waals surface area contributed by atoms with Crippen LogP contribution in [0.25, 0.3) is 0 Å². The molecule has 1 saturated heterocycles. The van der Waals surface area contributed by atoms with Crippen molar-refractivity contribution in [2.24, 2.45) is 5.92 Å². The molecule has 0 spiro atoms. The van der Waals surface area contributed by atoms with Crippen molar-refractivity contribution in [1.82, 2.24) is 10.3 Å². The summed E-state index contributed by atoms with van der Waals surface area (Å²) in [6.45, 7) is 12.2. The first-order chi connectivity index (χ1) is 10.1. The van der Waals surface area contributed by atoms with Crippen molar-refractivity contribution >= 4 is 5.82 Å². The second-order valence-corrected chi connectivity index (χ2v) is 6.60. The first-order valence-electron chi connectivity index (χ1n) is 8.60. The van der Waals surface area contributed by atoms with Crippen LogP contribution in [0.4, 0.5) is 5.82 Å². The monoisotopic (exact) mass is 289 g/mol. The Labute approximate surface area is 130 Å². The van der Waals surface area contributed by atoms with Crippen LogP contribution in [0.2, 0.25) is 0 Å². The second-order valence-electron chi connectivity index (χ2n) is 6.60. The number of pyridine rings is 1. The fraction of sp³-hybridized carbons (Fsp3) is 0.722. The van der Waals surface area contributed by atoms with Gasteiger partial charge >= 0.3 is 0 Å². The molecular weight excluding hydrogens is 258 g/mol. The van der Waals surface area contributed by atoms with E-state index in [9.17, 15) is 0 Å². The van der Waals surface area contributed by atoms with Crippen molar-refractivity contribution in [2.75, 3.05) is 18.0 Å². The molecule has 1 N–H and O–H groups in total. The van der Waals surface area contributed by atoms with Crippen LogP contribution in [0.3, 0.4) is 0 Å². The minimum absolute atomic E-state index is 0.521. The number of rotatable bonds is 7. The van der Waals surface area contributed by atoms with E-state index in [0.29, 0.717) is 6.04 Å². The standard InChI is InChI=1S/C18H31N3/c1-5-7-15-8-9-21(13-15)18-11-16(12-19-14(3)4)10-17(6-2)20-18/h10-11,14-15,19H,5-9,12-13H2,1-4H3. The molecule has 3 heteroatoms. The van der Waals surface area contributed by atoms with E-state index in [1.807, 2.05) is 0 Å². The third kappa shape index (κ3) is 4.70. The van der Waals surface area contributed by atoms with Crippen molar-refractivity contribution in [1.29, 1.82) is 0 Å². The molecule has 1 aromatic heterocycles. The van der Waals surface area contributed by atoms with Crippen LogP contribution in [-0.2, 0) is 13.0 Å². The van der Waals surface area contributed by atoms with Crippen molar-refractivity contribution in [3.05, 3.63) is 23.4 Å². The highest BCUT2D eigenvalue weighted by molar-refractivity contribution is 5.44. The number of anilines is 1. The summed E-state index contributed by atoms with van der Waals surface area (Å²) in [4.78, 5) is 7.34. The lowest BCUT2D eigenvalue weighted by Gasteiger charge is -2.20. The molecule has 1 aliphatic heterocycles. The summed E-state index contributed by atoms with van der Waals surface area (Å²) in [5.41, 5.74) is 2.58. The highest BCUT2D eigenvalue weighted by Crippen LogP contribution is 2.26. The topological polar surface area (TPSA) is 28.2 Å². The summed E-state index contributed by atoms with van der Waals surface area (Å²) in [5.74, 6) is 2.05. The third-order valence-corrected chi connectivity index (χ3v) is 4.31. The van der Waals surface area contributed by atoms with Gasteiger partial charge in [-0.3, -0.25) is 0 Å². The molecule has 118 valence electrons. The summed E-state index contributed by atoms with van der Waals surface area (Å²) in [6, 6.07) is 5.05. The number of hydrogen-bond donors (Lipinski definition) is 1. The van der Waals surface area contributed by atoms with Crippen LogP contribution in [0, 0.1) is 5.92 Å². The molecular formula is C18H31N3. The van der Waals surface area contributed by atoms with E-state index in [1.165, 1.54) is 49.4 Å². The van der Waals surface area contributed by atoms with Crippen LogP contribution in [0.5, 0.6) is 0 Å². The predicted molar refractivity (Wildman–Crippen MR) is 90.8 cm³/mol. The maximum Gasteiger partial charge on any atom is 0.129 e. The van der Waals surface area contributed by atoms with Gasteiger partial charge in [-0.05, 0) is 42.9 Å². The maximum atomic E-state index is 4.85. The molecule has 1 atom stereocenters. The van der Waals surface area contributed by atoms with Gasteiger partial charge in [-0.25, -0.2) is 4.98 Å². The largest absolute Gasteiger partial charge is 0.356 e. The molecule has 2 rings (SSSR count). The summed E-state index contributed by atoms with van der Waals surface area (Å²) in [5, 5.41) is 3.51. The van der Waals surface area contributed by atoms with Gasteiger partial charge in [0, 0.05) is 31.4 Å². The fourth-order valence-electron chi connectivity index (χ4n) is 3.08. The van der Waals surface area contributed by atoms with Gasteiger partial charge in [-0.1, -0.05) is 34.1 Å². The number of aryl methyl sites for hydroxylation is 1. The quantitative estimate of drug-likeness (QED) is 0.828. The average Bonchev–Trinajstić information content (AvgIpc) is 2.94. The van der Waals surface area contributed by atoms with Crippen LogP contribution in [-0.4, -0.2) is 24.1 Å². The molecule has 0 radical (unpaired) electrons. The van der Waals surface area contributed by atoms with E-state index in [4.69, 9.17) is 4.98 Å². The SMILES string of the molecule is CCCC1CCN(c2cc(CNC(C)C)cc(CC)n2)C1. The van der Waals surface area contributed by atoms with E-state index in [0.717, 1.165) is 18.9 Å². The van der Waals surface area contributed by atoms with Gasteiger partial charge in [0.05, 0.1) is 0 Å². The smallest absolute Gasteiger partial charge is 0.129 e. The van der Waals surface area contributed by atoms with Crippen molar-refractivity contribution in [2.45, 2.75) is 66.0 Å². The Morgan fingerprint density at radius 3 is 2.81 bits per heavy atom. The fourth-order valence-corrected chi connectivity index (χ4v) is 3.08. The van der Waals surface area contributed by atoms with Gasteiger partial charge in [0.25, 0.3) is 0 Å². The van der Waals surface area contributed by atoms with E-state index >= 15 is 0 Å². The molecule has 1 fully saturated rings. The molecule has 2 heterocycles. The molecule has 0 amide bonds. The van der Waals surface area contributed by atoms with Crippen LogP contribution in [0.15, 0.2) is 12.1 Å². The zero-order valence-electron chi connectivity index (χ0n) is 14.2. The molecule has 1 aliphatic rings. The van der Waals surface area contributed by atoms with E-state index in [-0.39, 0.29) is 0 Å². The predicted octanol–water partition coefficient (Wildman–Crippen LogP) is 3.77. The third-order valence-electron chi connectivity index (χ3n) is 4.31. The van der Waals surface area contributed by atoms with Crippen molar-refractivity contribution in [3.8, 4) is 0 Å². The minimum Gasteiger partial charge on any atom is -0.356 e. The lowest BCUT2D eigenvalue weighted by atomic mass is 10.0. The molecule has 3 nitrogen and oxygen atoms in total. The van der Waals surface area contributed by atoms with Gasteiger partial charge in [-0.2, -0.15) is 0 Å². The van der Waals surface area contributed by atoms with Crippen LogP contribution >= 0.6 is 0 Å². The molecule has 1 aromatic rings. The highest BCUT2D eigenvalue weighted by atomic mass is 15.2. The zero-order valence-corrected chi connectivity index (χ0v) is 14.2. The Kier molecular flexibility index (Phi) is 6.04. The number of nitrogens with one attached hydrogen (secondary N) is 1. The van der Waals surface area contributed by atoms with Gasteiger partial charge < -0.3 is 10.2 Å². The number of nitrogens with zero attached hydrogens (tertiary/aromatic N) is 2. The normalized spacial score (nSPS) is 18.7. The maximum absolute atomic E-state index is 4.85. The molecule has 0 aromatic carbocycles. The van der Waals surface area contributed by atoms with Gasteiger partial charge in [0.15, 0.2) is 0 Å². The lowest BCUT2D eigenvalue weighted by Crippen LogP contribution is -2.24. The molecule has 21 heavy (non-hydrogen) atoms. The Hall–Kier alpha value is -1.09. The van der Waals surface area contributed by atoms with Crippen LogP contribution in [0.1, 0.15) is 58.2 Å². The zero-order chi connectivity index (χ0) is 15.2. The summed E-state index contributed by atoms with van der Waals surface area (Å²) < 4.78 is 0. The van der Waals surface area contributed by atoms with E-state index < -0.39 is 0 Å². The Morgan fingerprint density at radius 2 is 2.14 bits per heavy atom. The lowest BCUT2D eigenvalue weighted by molar-refractivity contribution is 0.529. The second kappa shape index (κ2) is 7.79. The average molecular weight is 289 g/mol. The molecule has 0 saturated carbocycles. The summed E-state index contributed by atoms with van der Waals surface area (Å²) in [6.07, 6.45) is 4.98. The first kappa shape index (κ1) is 16.3. The Bertz CT molecular complexity index is 442. The van der Waals surface area contributed by atoms with Gasteiger partial charge in [-0.15, -0.1) is 0 Å².